The molecular weight excluding hydrogens is 376 g/mol. The van der Waals surface area contributed by atoms with Crippen LogP contribution in [0, 0.1) is 11.3 Å². The van der Waals surface area contributed by atoms with Gasteiger partial charge in [0.2, 0.25) is 15.9 Å². The van der Waals surface area contributed by atoms with Crippen molar-refractivity contribution in [3.8, 4) is 6.07 Å². The Morgan fingerprint density at radius 1 is 1.21 bits per heavy atom. The van der Waals surface area contributed by atoms with E-state index in [4.69, 9.17) is 5.26 Å². The average Bonchev–Trinajstić information content (AvgIpc) is 3.07. The summed E-state index contributed by atoms with van der Waals surface area (Å²) in [5.74, 6) is -0.191. The second-order valence-corrected chi connectivity index (χ2v) is 8.29. The molecule has 0 fully saturated rings. The van der Waals surface area contributed by atoms with Crippen molar-refractivity contribution in [2.24, 2.45) is 0 Å². The number of benzene rings is 2. The van der Waals surface area contributed by atoms with Crippen molar-refractivity contribution < 1.29 is 13.2 Å². The Hall–Kier alpha value is -3.31. The SMILES string of the molecule is CS(=O)(=O)N(CCNC(=O)Cc1c[nH]c2ccccc12)c1cccc(C#N)c1. The third-order valence-electron chi connectivity index (χ3n) is 4.33. The maximum absolute atomic E-state index is 12.3. The molecule has 7 nitrogen and oxygen atoms in total. The number of fused-ring (bicyclic) bond motifs is 1. The summed E-state index contributed by atoms with van der Waals surface area (Å²) >= 11 is 0. The first-order valence-corrected chi connectivity index (χ1v) is 10.5. The highest BCUT2D eigenvalue weighted by atomic mass is 32.2. The molecule has 1 aromatic heterocycles. The van der Waals surface area contributed by atoms with Crippen LogP contribution < -0.4 is 9.62 Å². The van der Waals surface area contributed by atoms with Gasteiger partial charge in [-0.1, -0.05) is 24.3 Å². The molecule has 1 heterocycles. The molecule has 0 saturated heterocycles. The van der Waals surface area contributed by atoms with Crippen LogP contribution in [0.3, 0.4) is 0 Å². The van der Waals surface area contributed by atoms with E-state index in [-0.39, 0.29) is 25.4 Å². The fourth-order valence-corrected chi connectivity index (χ4v) is 3.95. The number of aromatic nitrogens is 1. The maximum atomic E-state index is 12.3. The van der Waals surface area contributed by atoms with E-state index in [9.17, 15) is 13.2 Å². The molecule has 0 bridgehead atoms. The van der Waals surface area contributed by atoms with Gasteiger partial charge >= 0.3 is 0 Å². The van der Waals surface area contributed by atoms with E-state index in [1.807, 2.05) is 30.3 Å². The molecule has 0 saturated carbocycles. The molecule has 0 unspecified atom stereocenters. The molecule has 28 heavy (non-hydrogen) atoms. The monoisotopic (exact) mass is 396 g/mol. The fourth-order valence-electron chi connectivity index (χ4n) is 3.03. The molecule has 1 amide bonds. The Balaban J connectivity index is 1.64. The number of amides is 1. The molecule has 2 N–H and O–H groups in total. The van der Waals surface area contributed by atoms with Crippen molar-refractivity contribution in [2.75, 3.05) is 23.7 Å². The van der Waals surface area contributed by atoms with Gasteiger partial charge < -0.3 is 10.3 Å². The normalized spacial score (nSPS) is 11.1. The number of anilines is 1. The lowest BCUT2D eigenvalue weighted by Crippen LogP contribution is -2.38. The van der Waals surface area contributed by atoms with Crippen LogP contribution in [-0.4, -0.2) is 38.7 Å². The Morgan fingerprint density at radius 3 is 2.75 bits per heavy atom. The zero-order valence-electron chi connectivity index (χ0n) is 15.3. The summed E-state index contributed by atoms with van der Waals surface area (Å²) in [5, 5.41) is 12.8. The average molecular weight is 396 g/mol. The predicted octanol–water partition coefficient (Wildman–Crippen LogP) is 2.16. The van der Waals surface area contributed by atoms with Crippen LogP contribution in [0.2, 0.25) is 0 Å². The second kappa shape index (κ2) is 8.15. The fraction of sp³-hybridized carbons (Fsp3) is 0.200. The summed E-state index contributed by atoms with van der Waals surface area (Å²) in [5.41, 5.74) is 2.61. The summed E-state index contributed by atoms with van der Waals surface area (Å²) in [6.45, 7) is 0.235. The minimum Gasteiger partial charge on any atom is -0.361 e. The van der Waals surface area contributed by atoms with E-state index in [1.165, 1.54) is 10.4 Å². The lowest BCUT2D eigenvalue weighted by Gasteiger charge is -2.22. The molecule has 0 aliphatic carbocycles. The van der Waals surface area contributed by atoms with E-state index in [2.05, 4.69) is 10.3 Å². The first kappa shape index (κ1) is 19.5. The molecule has 3 aromatic rings. The highest BCUT2D eigenvalue weighted by Crippen LogP contribution is 2.19. The summed E-state index contributed by atoms with van der Waals surface area (Å²) in [7, 11) is -3.55. The quantitative estimate of drug-likeness (QED) is 0.638. The van der Waals surface area contributed by atoms with Crippen LogP contribution in [0.5, 0.6) is 0 Å². The molecular formula is C20H20N4O3S. The van der Waals surface area contributed by atoms with Crippen LogP contribution in [0.4, 0.5) is 5.69 Å². The van der Waals surface area contributed by atoms with Gasteiger partial charge in [0.25, 0.3) is 0 Å². The zero-order chi connectivity index (χ0) is 20.1. The minimum atomic E-state index is -3.55. The van der Waals surface area contributed by atoms with E-state index in [0.29, 0.717) is 11.3 Å². The summed E-state index contributed by atoms with van der Waals surface area (Å²) in [6, 6.07) is 16.1. The topological polar surface area (TPSA) is 106 Å². The summed E-state index contributed by atoms with van der Waals surface area (Å²) in [6.07, 6.45) is 3.10. The lowest BCUT2D eigenvalue weighted by molar-refractivity contribution is -0.120. The van der Waals surface area contributed by atoms with Crippen molar-refractivity contribution in [1.82, 2.24) is 10.3 Å². The lowest BCUT2D eigenvalue weighted by atomic mass is 10.1. The number of rotatable bonds is 7. The molecule has 2 aromatic carbocycles. The molecule has 0 radical (unpaired) electrons. The maximum Gasteiger partial charge on any atom is 0.232 e. The van der Waals surface area contributed by atoms with Gasteiger partial charge in [-0.3, -0.25) is 9.10 Å². The largest absolute Gasteiger partial charge is 0.361 e. The number of carbonyl (C=O) groups excluding carboxylic acids is 1. The van der Waals surface area contributed by atoms with Crippen LogP contribution >= 0.6 is 0 Å². The number of nitrogens with one attached hydrogen (secondary N) is 2. The minimum absolute atomic E-state index is 0.0767. The van der Waals surface area contributed by atoms with Crippen molar-refractivity contribution in [3.63, 3.8) is 0 Å². The number of nitriles is 1. The standard InChI is InChI=1S/C20H20N4O3S/c1-28(26,27)24(17-6-4-5-15(11-17)13-21)10-9-22-20(25)12-16-14-23-19-8-3-2-7-18(16)19/h2-8,11,14,23H,9-10,12H2,1H3,(H,22,25). The van der Waals surface area contributed by atoms with Gasteiger partial charge in [-0.25, -0.2) is 8.42 Å². The Labute approximate surface area is 163 Å². The van der Waals surface area contributed by atoms with Gasteiger partial charge in [-0.15, -0.1) is 0 Å². The number of H-pyrrole nitrogens is 1. The number of sulfonamides is 1. The van der Waals surface area contributed by atoms with E-state index in [1.54, 1.807) is 24.4 Å². The van der Waals surface area contributed by atoms with Gasteiger partial charge in [-0.05, 0) is 29.8 Å². The van der Waals surface area contributed by atoms with Crippen molar-refractivity contribution >= 4 is 32.5 Å². The van der Waals surface area contributed by atoms with Crippen LogP contribution in [0.15, 0.2) is 54.7 Å². The molecule has 3 rings (SSSR count). The number of nitrogens with zero attached hydrogens (tertiary/aromatic N) is 2. The number of hydrogen-bond acceptors (Lipinski definition) is 4. The van der Waals surface area contributed by atoms with Crippen LogP contribution in [-0.2, 0) is 21.2 Å². The van der Waals surface area contributed by atoms with Gasteiger partial charge in [-0.2, -0.15) is 5.26 Å². The van der Waals surface area contributed by atoms with Gasteiger partial charge in [0.05, 0.1) is 36.5 Å². The van der Waals surface area contributed by atoms with Crippen molar-refractivity contribution in [2.45, 2.75) is 6.42 Å². The molecule has 0 aliphatic heterocycles. The molecule has 0 atom stereocenters. The second-order valence-electron chi connectivity index (χ2n) is 6.38. The Morgan fingerprint density at radius 2 is 2.00 bits per heavy atom. The highest BCUT2D eigenvalue weighted by Gasteiger charge is 2.18. The van der Waals surface area contributed by atoms with Gasteiger partial charge in [0.15, 0.2) is 0 Å². The predicted molar refractivity (Wildman–Crippen MR) is 108 cm³/mol. The number of para-hydroxylation sites is 1. The van der Waals surface area contributed by atoms with Gasteiger partial charge in [0, 0.05) is 23.6 Å². The Kier molecular flexibility index (Phi) is 5.66. The van der Waals surface area contributed by atoms with Crippen molar-refractivity contribution in [3.05, 3.63) is 65.9 Å². The summed E-state index contributed by atoms with van der Waals surface area (Å²) < 4.78 is 25.5. The molecule has 144 valence electrons. The van der Waals surface area contributed by atoms with Crippen molar-refractivity contribution in [1.29, 1.82) is 5.26 Å². The van der Waals surface area contributed by atoms with Gasteiger partial charge in [0.1, 0.15) is 0 Å². The molecule has 8 heteroatoms. The number of aromatic amines is 1. The highest BCUT2D eigenvalue weighted by molar-refractivity contribution is 7.92. The first-order chi connectivity index (χ1) is 13.4. The molecule has 0 aliphatic rings. The smallest absolute Gasteiger partial charge is 0.232 e. The van der Waals surface area contributed by atoms with E-state index >= 15 is 0 Å². The van der Waals surface area contributed by atoms with E-state index < -0.39 is 10.0 Å². The van der Waals surface area contributed by atoms with Crippen LogP contribution in [0.1, 0.15) is 11.1 Å². The number of carbonyl (C=O) groups is 1. The molecule has 0 spiro atoms. The third kappa shape index (κ3) is 4.50. The third-order valence-corrected chi connectivity index (χ3v) is 5.52. The van der Waals surface area contributed by atoms with E-state index in [0.717, 1.165) is 22.7 Å². The Bertz CT molecular complexity index is 1150. The zero-order valence-corrected chi connectivity index (χ0v) is 16.2. The summed E-state index contributed by atoms with van der Waals surface area (Å²) in [4.78, 5) is 15.4. The van der Waals surface area contributed by atoms with Crippen LogP contribution in [0.25, 0.3) is 10.9 Å². The number of hydrogen-bond donors (Lipinski definition) is 2. The first-order valence-electron chi connectivity index (χ1n) is 8.68.